The molecule has 1 N–H and O–H groups in total. The van der Waals surface area contributed by atoms with Crippen LogP contribution >= 0.6 is 15.9 Å². The monoisotopic (exact) mass is 369 g/mol. The third-order valence-electron chi connectivity index (χ3n) is 3.42. The molecule has 0 aliphatic heterocycles. The number of hydrogen-bond acceptors (Lipinski definition) is 2. The average Bonchev–Trinajstić information content (AvgIpc) is 2.95. The van der Waals surface area contributed by atoms with E-state index in [9.17, 15) is 4.79 Å². The minimum atomic E-state index is -0.0751. The number of hydrogen-bond donors (Lipinski definition) is 1. The fourth-order valence-corrected chi connectivity index (χ4v) is 2.88. The Bertz CT molecular complexity index is 824. The number of imidazole rings is 1. The molecule has 0 bridgehead atoms. The Morgan fingerprint density at radius 2 is 2.00 bits per heavy atom. The summed E-state index contributed by atoms with van der Waals surface area (Å²) in [6, 6.07) is 15.9. The van der Waals surface area contributed by atoms with Crippen LogP contribution in [0.15, 0.2) is 65.4 Å². The number of amides is 1. The van der Waals surface area contributed by atoms with Gasteiger partial charge in [-0.15, -0.1) is 0 Å². The number of carbonyl (C=O) groups is 1. The number of rotatable bonds is 4. The van der Waals surface area contributed by atoms with Crippen LogP contribution in [0.4, 0.5) is 5.69 Å². The molecule has 0 saturated carbocycles. The van der Waals surface area contributed by atoms with Crippen molar-refractivity contribution in [3.05, 3.63) is 71.0 Å². The molecular formula is C18H16BrN3O. The molecule has 23 heavy (non-hydrogen) atoms. The van der Waals surface area contributed by atoms with Crippen LogP contribution in [-0.2, 0) is 11.3 Å². The van der Waals surface area contributed by atoms with E-state index in [1.54, 1.807) is 6.20 Å². The van der Waals surface area contributed by atoms with Gasteiger partial charge in [-0.1, -0.05) is 28.1 Å². The minimum Gasteiger partial charge on any atom is -0.327 e. The second-order valence-electron chi connectivity index (χ2n) is 5.27. The fraction of sp³-hybridized carbons (Fsp3) is 0.111. The number of aromatic nitrogens is 2. The minimum absolute atomic E-state index is 0.0751. The van der Waals surface area contributed by atoms with Gasteiger partial charge < -0.3 is 9.88 Å². The third kappa shape index (κ3) is 3.87. The van der Waals surface area contributed by atoms with Gasteiger partial charge >= 0.3 is 0 Å². The van der Waals surface area contributed by atoms with E-state index in [1.807, 2.05) is 42.6 Å². The number of nitrogens with zero attached hydrogens (tertiary/aromatic N) is 2. The highest BCUT2D eigenvalue weighted by molar-refractivity contribution is 9.10. The summed E-state index contributed by atoms with van der Waals surface area (Å²) in [5.74, 6) is 0.827. The van der Waals surface area contributed by atoms with E-state index in [-0.39, 0.29) is 5.91 Å². The predicted molar refractivity (Wildman–Crippen MR) is 95.2 cm³/mol. The highest BCUT2D eigenvalue weighted by Crippen LogP contribution is 2.21. The van der Waals surface area contributed by atoms with Crippen molar-refractivity contribution in [1.29, 1.82) is 0 Å². The summed E-state index contributed by atoms with van der Waals surface area (Å²) in [5.41, 5.74) is 3.00. The zero-order valence-electron chi connectivity index (χ0n) is 12.7. The van der Waals surface area contributed by atoms with E-state index >= 15 is 0 Å². The maximum Gasteiger partial charge on any atom is 0.221 e. The van der Waals surface area contributed by atoms with Gasteiger partial charge in [0.25, 0.3) is 0 Å². The van der Waals surface area contributed by atoms with Crippen LogP contribution in [0, 0.1) is 0 Å². The topological polar surface area (TPSA) is 46.9 Å². The molecule has 1 amide bonds. The van der Waals surface area contributed by atoms with Gasteiger partial charge in [0, 0.05) is 41.6 Å². The molecule has 1 heterocycles. The quantitative estimate of drug-likeness (QED) is 0.744. The number of nitrogens with one attached hydrogen (secondary N) is 1. The molecule has 0 aliphatic rings. The first-order valence-electron chi connectivity index (χ1n) is 7.25. The number of anilines is 1. The lowest BCUT2D eigenvalue weighted by Crippen LogP contribution is -2.05. The maximum absolute atomic E-state index is 11.1. The highest BCUT2D eigenvalue weighted by Gasteiger charge is 2.07. The lowest BCUT2D eigenvalue weighted by molar-refractivity contribution is -0.114. The predicted octanol–water partition coefficient (Wildman–Crippen LogP) is 4.32. The number of halogens is 1. The molecule has 1 aromatic heterocycles. The highest BCUT2D eigenvalue weighted by atomic mass is 79.9. The van der Waals surface area contributed by atoms with E-state index in [2.05, 4.69) is 42.9 Å². The molecule has 0 unspecified atom stereocenters. The van der Waals surface area contributed by atoms with Gasteiger partial charge in [0.15, 0.2) is 0 Å². The van der Waals surface area contributed by atoms with Gasteiger partial charge in [-0.3, -0.25) is 4.79 Å². The molecule has 4 nitrogen and oxygen atoms in total. The summed E-state index contributed by atoms with van der Waals surface area (Å²) in [7, 11) is 0. The van der Waals surface area contributed by atoms with Gasteiger partial charge in [-0.25, -0.2) is 4.98 Å². The summed E-state index contributed by atoms with van der Waals surface area (Å²) < 4.78 is 3.17. The lowest BCUT2D eigenvalue weighted by Gasteiger charge is -2.09. The Kier molecular flexibility index (Phi) is 4.57. The summed E-state index contributed by atoms with van der Waals surface area (Å²) in [6.45, 7) is 2.25. The fourth-order valence-electron chi connectivity index (χ4n) is 2.44. The molecular weight excluding hydrogens is 354 g/mol. The van der Waals surface area contributed by atoms with Crippen LogP contribution in [-0.4, -0.2) is 15.5 Å². The average molecular weight is 370 g/mol. The molecule has 2 aromatic carbocycles. The van der Waals surface area contributed by atoms with Gasteiger partial charge in [-0.2, -0.15) is 0 Å². The Morgan fingerprint density at radius 1 is 1.22 bits per heavy atom. The molecule has 0 aliphatic carbocycles. The number of carbonyl (C=O) groups excluding carboxylic acids is 1. The Balaban J connectivity index is 1.84. The van der Waals surface area contributed by atoms with Crippen molar-refractivity contribution in [2.45, 2.75) is 13.5 Å². The smallest absolute Gasteiger partial charge is 0.221 e. The number of benzene rings is 2. The summed E-state index contributed by atoms with van der Waals surface area (Å²) in [4.78, 5) is 15.5. The van der Waals surface area contributed by atoms with E-state index < -0.39 is 0 Å². The zero-order valence-corrected chi connectivity index (χ0v) is 14.2. The summed E-state index contributed by atoms with van der Waals surface area (Å²) in [5, 5.41) is 2.77. The van der Waals surface area contributed by atoms with E-state index in [0.29, 0.717) is 0 Å². The van der Waals surface area contributed by atoms with Crippen molar-refractivity contribution >= 4 is 27.5 Å². The van der Waals surface area contributed by atoms with Crippen LogP contribution in [0.1, 0.15) is 12.5 Å². The summed E-state index contributed by atoms with van der Waals surface area (Å²) >= 11 is 3.50. The third-order valence-corrected chi connectivity index (χ3v) is 3.91. The first-order valence-corrected chi connectivity index (χ1v) is 8.05. The second-order valence-corrected chi connectivity index (χ2v) is 6.18. The van der Waals surface area contributed by atoms with Crippen LogP contribution in [0.5, 0.6) is 0 Å². The Morgan fingerprint density at radius 3 is 2.70 bits per heavy atom. The van der Waals surface area contributed by atoms with Crippen molar-refractivity contribution in [3.63, 3.8) is 0 Å². The molecule has 0 fully saturated rings. The molecule has 5 heteroatoms. The van der Waals surface area contributed by atoms with Gasteiger partial charge in [0.2, 0.25) is 5.91 Å². The molecule has 0 radical (unpaired) electrons. The lowest BCUT2D eigenvalue weighted by atomic mass is 10.1. The summed E-state index contributed by atoms with van der Waals surface area (Å²) in [6.07, 6.45) is 3.77. The second kappa shape index (κ2) is 6.79. The largest absolute Gasteiger partial charge is 0.327 e. The van der Waals surface area contributed by atoms with Crippen molar-refractivity contribution in [1.82, 2.24) is 9.55 Å². The van der Waals surface area contributed by atoms with E-state index in [1.165, 1.54) is 12.5 Å². The van der Waals surface area contributed by atoms with Crippen LogP contribution in [0.25, 0.3) is 11.4 Å². The van der Waals surface area contributed by atoms with Crippen molar-refractivity contribution in [2.75, 3.05) is 5.32 Å². The van der Waals surface area contributed by atoms with Gasteiger partial charge in [0.1, 0.15) is 5.82 Å². The van der Waals surface area contributed by atoms with Crippen LogP contribution in [0.3, 0.4) is 0 Å². The molecule has 3 rings (SSSR count). The molecule has 0 atom stereocenters. The molecule has 116 valence electrons. The van der Waals surface area contributed by atoms with Crippen molar-refractivity contribution in [3.8, 4) is 11.4 Å². The Hall–Kier alpha value is -2.40. The SMILES string of the molecule is CC(=O)Nc1ccc(-c2nccn2Cc2cccc(Br)c2)cc1. The van der Waals surface area contributed by atoms with Gasteiger partial charge in [0.05, 0.1) is 0 Å². The maximum atomic E-state index is 11.1. The Labute approximate surface area is 143 Å². The standard InChI is InChI=1S/C18H16BrN3O/c1-13(23)21-17-7-5-15(6-8-17)18-20-9-10-22(18)12-14-3-2-4-16(19)11-14/h2-11H,12H2,1H3,(H,21,23). The zero-order chi connectivity index (χ0) is 16.2. The molecule has 0 spiro atoms. The normalized spacial score (nSPS) is 10.5. The van der Waals surface area contributed by atoms with E-state index in [0.717, 1.165) is 28.1 Å². The first-order chi connectivity index (χ1) is 11.1. The van der Waals surface area contributed by atoms with Crippen molar-refractivity contribution in [2.24, 2.45) is 0 Å². The van der Waals surface area contributed by atoms with E-state index in [4.69, 9.17) is 0 Å². The van der Waals surface area contributed by atoms with Crippen LogP contribution in [0.2, 0.25) is 0 Å². The van der Waals surface area contributed by atoms with Crippen LogP contribution < -0.4 is 5.32 Å². The van der Waals surface area contributed by atoms with Gasteiger partial charge in [-0.05, 0) is 42.0 Å². The molecule has 3 aromatic rings. The van der Waals surface area contributed by atoms with Crippen molar-refractivity contribution < 1.29 is 4.79 Å². The first kappa shape index (κ1) is 15.5. The molecule has 0 saturated heterocycles.